The summed E-state index contributed by atoms with van der Waals surface area (Å²) in [4.78, 5) is 23.3. The Morgan fingerprint density at radius 1 is 1.19 bits per heavy atom. The third kappa shape index (κ3) is 8.81. The molecule has 0 bridgehead atoms. The van der Waals surface area contributed by atoms with Crippen molar-refractivity contribution in [2.24, 2.45) is 0 Å². The van der Waals surface area contributed by atoms with Gasteiger partial charge in [-0.05, 0) is 37.8 Å². The first kappa shape index (κ1) is 21.9. The van der Waals surface area contributed by atoms with Crippen molar-refractivity contribution >= 4 is 18.0 Å². The van der Waals surface area contributed by atoms with Crippen LogP contribution in [0.1, 0.15) is 64.5 Å². The van der Waals surface area contributed by atoms with Gasteiger partial charge in [-0.1, -0.05) is 50.3 Å². The van der Waals surface area contributed by atoms with Crippen molar-refractivity contribution in [2.45, 2.75) is 65.0 Å². The summed E-state index contributed by atoms with van der Waals surface area (Å²) in [7, 11) is 0. The van der Waals surface area contributed by atoms with Gasteiger partial charge in [-0.3, -0.25) is 4.79 Å². The van der Waals surface area contributed by atoms with E-state index in [4.69, 9.17) is 4.74 Å². The molecule has 2 N–H and O–H groups in total. The fourth-order valence-electron chi connectivity index (χ4n) is 2.29. The van der Waals surface area contributed by atoms with Gasteiger partial charge in [-0.25, -0.2) is 4.79 Å². The van der Waals surface area contributed by atoms with E-state index in [2.05, 4.69) is 31.3 Å². The summed E-state index contributed by atoms with van der Waals surface area (Å²) in [6.45, 7) is 10.3. The fourth-order valence-corrected chi connectivity index (χ4v) is 2.29. The van der Waals surface area contributed by atoms with E-state index in [1.54, 1.807) is 6.08 Å². The molecule has 1 aromatic carbocycles. The Labute approximate surface area is 156 Å². The lowest BCUT2D eigenvalue weighted by Crippen LogP contribution is -2.41. The zero-order chi connectivity index (χ0) is 19.7. The highest BCUT2D eigenvalue weighted by Crippen LogP contribution is 2.15. The number of carbonyl (C=O) groups excluding carboxylic acids is 1. The molecule has 144 valence electrons. The first-order valence-electron chi connectivity index (χ1n) is 9.01. The highest BCUT2D eigenvalue weighted by molar-refractivity contribution is 5.84. The average molecular weight is 361 g/mol. The number of carboxylic acids is 1. The standard InChI is InChI=1S/C21H31NO4/c1-15(2)17-11-9-16(10-12-17)7-6-8-19(23)22-18(20(24)25)13-14-26-21(3,4)5/h6-7,9-12,15,18H,8,13-14H2,1-5H3,(H,22,23)(H,24,25)/b7-6+. The smallest absolute Gasteiger partial charge is 0.326 e. The number of benzene rings is 1. The predicted octanol–water partition coefficient (Wildman–Crippen LogP) is 3.99. The van der Waals surface area contributed by atoms with Gasteiger partial charge in [0.15, 0.2) is 0 Å². The number of hydrogen-bond donors (Lipinski definition) is 2. The second-order valence-corrected chi connectivity index (χ2v) is 7.64. The summed E-state index contributed by atoms with van der Waals surface area (Å²) in [6, 6.07) is 7.21. The molecule has 1 atom stereocenters. The van der Waals surface area contributed by atoms with Crippen molar-refractivity contribution in [2.75, 3.05) is 6.61 Å². The molecule has 0 saturated carbocycles. The molecule has 0 saturated heterocycles. The van der Waals surface area contributed by atoms with Crippen LogP contribution in [-0.2, 0) is 14.3 Å². The van der Waals surface area contributed by atoms with Crippen LogP contribution in [0.4, 0.5) is 0 Å². The molecule has 5 nitrogen and oxygen atoms in total. The van der Waals surface area contributed by atoms with Crippen molar-refractivity contribution in [3.63, 3.8) is 0 Å². The van der Waals surface area contributed by atoms with E-state index in [0.717, 1.165) is 5.56 Å². The van der Waals surface area contributed by atoms with Gasteiger partial charge in [0.25, 0.3) is 0 Å². The molecule has 0 spiro atoms. The van der Waals surface area contributed by atoms with Crippen molar-refractivity contribution in [1.82, 2.24) is 5.32 Å². The normalized spacial score (nSPS) is 13.2. The van der Waals surface area contributed by atoms with E-state index < -0.39 is 12.0 Å². The minimum absolute atomic E-state index is 0.135. The molecule has 1 amide bonds. The van der Waals surface area contributed by atoms with E-state index in [9.17, 15) is 14.7 Å². The van der Waals surface area contributed by atoms with Crippen LogP contribution >= 0.6 is 0 Å². The number of nitrogens with one attached hydrogen (secondary N) is 1. The first-order valence-corrected chi connectivity index (χ1v) is 9.01. The lowest BCUT2D eigenvalue weighted by atomic mass is 10.0. The number of hydrogen-bond acceptors (Lipinski definition) is 3. The molecule has 5 heteroatoms. The first-order chi connectivity index (χ1) is 12.1. The van der Waals surface area contributed by atoms with Gasteiger partial charge in [0.05, 0.1) is 5.60 Å². The summed E-state index contributed by atoms with van der Waals surface area (Å²) >= 11 is 0. The quantitative estimate of drug-likeness (QED) is 0.697. The van der Waals surface area contributed by atoms with Crippen molar-refractivity contribution in [1.29, 1.82) is 0 Å². The Morgan fingerprint density at radius 2 is 1.81 bits per heavy atom. The highest BCUT2D eigenvalue weighted by Gasteiger charge is 2.20. The summed E-state index contributed by atoms with van der Waals surface area (Å²) < 4.78 is 5.53. The van der Waals surface area contributed by atoms with E-state index in [1.165, 1.54) is 5.56 Å². The minimum atomic E-state index is -1.05. The van der Waals surface area contributed by atoms with Gasteiger partial charge in [0.1, 0.15) is 6.04 Å². The SMILES string of the molecule is CC(C)c1ccc(/C=C/CC(=O)NC(CCOC(C)(C)C)C(=O)O)cc1. The van der Waals surface area contributed by atoms with Gasteiger partial charge in [0.2, 0.25) is 5.91 Å². The second-order valence-electron chi connectivity index (χ2n) is 7.64. The molecule has 0 radical (unpaired) electrons. The molecule has 0 fully saturated rings. The van der Waals surface area contributed by atoms with Crippen LogP contribution in [0.2, 0.25) is 0 Å². The molecule has 0 aliphatic carbocycles. The maximum Gasteiger partial charge on any atom is 0.326 e. The van der Waals surface area contributed by atoms with Crippen LogP contribution in [0.15, 0.2) is 30.3 Å². The third-order valence-corrected chi connectivity index (χ3v) is 3.79. The van der Waals surface area contributed by atoms with E-state index in [0.29, 0.717) is 5.92 Å². The Balaban J connectivity index is 2.48. The summed E-state index contributed by atoms with van der Waals surface area (Å²) in [5, 5.41) is 11.8. The van der Waals surface area contributed by atoms with Crippen LogP contribution in [0.3, 0.4) is 0 Å². The highest BCUT2D eigenvalue weighted by atomic mass is 16.5. The van der Waals surface area contributed by atoms with Crippen molar-refractivity contribution < 1.29 is 19.4 Å². The largest absolute Gasteiger partial charge is 0.480 e. The second kappa shape index (κ2) is 10.1. The molecular weight excluding hydrogens is 330 g/mol. The molecule has 0 heterocycles. The fraction of sp³-hybridized carbons (Fsp3) is 0.524. The lowest BCUT2D eigenvalue weighted by Gasteiger charge is -2.21. The monoisotopic (exact) mass is 361 g/mol. The Kier molecular flexibility index (Phi) is 8.52. The summed E-state index contributed by atoms with van der Waals surface area (Å²) in [5.74, 6) is -0.888. The van der Waals surface area contributed by atoms with Crippen LogP contribution < -0.4 is 5.32 Å². The lowest BCUT2D eigenvalue weighted by molar-refractivity contribution is -0.142. The third-order valence-electron chi connectivity index (χ3n) is 3.79. The van der Waals surface area contributed by atoms with Gasteiger partial charge in [-0.2, -0.15) is 0 Å². The average Bonchev–Trinajstić information content (AvgIpc) is 2.53. The minimum Gasteiger partial charge on any atom is -0.480 e. The number of aliphatic carboxylic acids is 1. The molecule has 0 aliphatic rings. The number of carboxylic acid groups (broad SMARTS) is 1. The Morgan fingerprint density at radius 3 is 2.31 bits per heavy atom. The Hall–Kier alpha value is -2.14. The predicted molar refractivity (Wildman–Crippen MR) is 104 cm³/mol. The zero-order valence-electron chi connectivity index (χ0n) is 16.4. The summed E-state index contributed by atoms with van der Waals surface area (Å²) in [6.07, 6.45) is 3.97. The molecule has 1 aromatic rings. The molecule has 0 aromatic heterocycles. The molecule has 26 heavy (non-hydrogen) atoms. The molecular formula is C21H31NO4. The van der Waals surface area contributed by atoms with Crippen LogP contribution in [0.5, 0.6) is 0 Å². The van der Waals surface area contributed by atoms with Crippen LogP contribution in [0, 0.1) is 0 Å². The van der Waals surface area contributed by atoms with Crippen molar-refractivity contribution in [3.05, 3.63) is 41.5 Å². The summed E-state index contributed by atoms with van der Waals surface area (Å²) in [5.41, 5.74) is 1.94. The van der Waals surface area contributed by atoms with E-state index >= 15 is 0 Å². The maximum absolute atomic E-state index is 12.0. The van der Waals surface area contributed by atoms with Crippen molar-refractivity contribution in [3.8, 4) is 0 Å². The number of rotatable bonds is 9. The van der Waals surface area contributed by atoms with E-state index in [-0.39, 0.29) is 31.0 Å². The van der Waals surface area contributed by atoms with Crippen LogP contribution in [-0.4, -0.2) is 35.2 Å². The number of carbonyl (C=O) groups is 2. The van der Waals surface area contributed by atoms with Gasteiger partial charge in [-0.15, -0.1) is 0 Å². The zero-order valence-corrected chi connectivity index (χ0v) is 16.4. The van der Waals surface area contributed by atoms with Gasteiger partial charge >= 0.3 is 5.97 Å². The maximum atomic E-state index is 12.0. The van der Waals surface area contributed by atoms with Gasteiger partial charge in [0, 0.05) is 19.4 Å². The van der Waals surface area contributed by atoms with Gasteiger partial charge < -0.3 is 15.2 Å². The van der Waals surface area contributed by atoms with E-state index in [1.807, 2.05) is 39.0 Å². The number of ether oxygens (including phenoxy) is 1. The molecule has 1 unspecified atom stereocenters. The topological polar surface area (TPSA) is 75.6 Å². The van der Waals surface area contributed by atoms with Crippen LogP contribution in [0.25, 0.3) is 6.08 Å². The Bertz CT molecular complexity index is 612. The molecule has 1 rings (SSSR count). The number of amides is 1. The molecule has 0 aliphatic heterocycles.